The van der Waals surface area contributed by atoms with Crippen molar-refractivity contribution in [3.63, 3.8) is 0 Å². The van der Waals surface area contributed by atoms with E-state index in [2.05, 4.69) is 49.7 Å². The molecule has 2 saturated heterocycles. The number of ether oxygens (including phenoxy) is 2. The number of nitrogens with zero attached hydrogens (tertiary/aromatic N) is 5. The van der Waals surface area contributed by atoms with Crippen molar-refractivity contribution in [1.29, 1.82) is 0 Å². The maximum absolute atomic E-state index is 12.5. The summed E-state index contributed by atoms with van der Waals surface area (Å²) in [6, 6.07) is 15.4. The Morgan fingerprint density at radius 1 is 1.17 bits per heavy atom. The second-order valence-corrected chi connectivity index (χ2v) is 12.8. The first kappa shape index (κ1) is 32.3. The summed E-state index contributed by atoms with van der Waals surface area (Å²) in [4.78, 5) is 36.0. The third-order valence-corrected chi connectivity index (χ3v) is 9.29. The van der Waals surface area contributed by atoms with Gasteiger partial charge >= 0.3 is 13.9 Å². The Balaban J connectivity index is 1.33. The highest BCUT2D eigenvalue weighted by Gasteiger charge is 2.50. The van der Waals surface area contributed by atoms with Crippen LogP contribution in [0.5, 0.6) is 5.75 Å². The van der Waals surface area contributed by atoms with Crippen LogP contribution in [0.2, 0.25) is 0 Å². The van der Waals surface area contributed by atoms with Crippen LogP contribution in [-0.2, 0) is 13.8 Å². The number of likely N-dealkylation sites (N-methyl/N-ethyl adjacent to an activating group) is 1. The zero-order valence-electron chi connectivity index (χ0n) is 25.2. The Kier molecular flexibility index (Phi) is 9.82. The van der Waals surface area contributed by atoms with Gasteiger partial charge in [0.15, 0.2) is 12.3 Å². The van der Waals surface area contributed by atoms with Crippen LogP contribution in [0, 0.1) is 0 Å². The molecule has 14 nitrogen and oxygen atoms in total. The fourth-order valence-electron chi connectivity index (χ4n) is 5.74. The fraction of sp³-hybridized carbons (Fsp3) is 0.367. The molecule has 0 aliphatic carbocycles. The number of nitrogen functional groups attached to an aromatic ring is 1. The number of hydrogen-bond acceptors (Lipinski definition) is 13. The number of anilines is 2. The predicted octanol–water partition coefficient (Wildman–Crippen LogP) is 2.39. The van der Waals surface area contributed by atoms with Gasteiger partial charge in [0.05, 0.1) is 5.52 Å². The molecule has 2 aliphatic rings. The predicted molar refractivity (Wildman–Crippen MR) is 175 cm³/mol. The van der Waals surface area contributed by atoms with Crippen LogP contribution in [0.25, 0.3) is 22.0 Å². The first-order valence-electron chi connectivity index (χ1n) is 14.7. The number of fused-ring (bicyclic) bond motifs is 1. The molecule has 4 aromatic rings. The van der Waals surface area contributed by atoms with Gasteiger partial charge in [0.1, 0.15) is 30.4 Å². The summed E-state index contributed by atoms with van der Waals surface area (Å²) in [7, 11) is 0.893. The van der Waals surface area contributed by atoms with Gasteiger partial charge < -0.3 is 30.1 Å². The molecule has 2 aromatic carbocycles. The topological polar surface area (TPSA) is 178 Å². The molecular formula is C30H35N7O7PS+. The quantitative estimate of drug-likeness (QED) is 0.143. The van der Waals surface area contributed by atoms with Crippen molar-refractivity contribution in [2.24, 2.45) is 0 Å². The lowest BCUT2D eigenvalue weighted by Gasteiger charge is -2.34. The van der Waals surface area contributed by atoms with Crippen molar-refractivity contribution in [2.45, 2.75) is 29.4 Å². The highest BCUT2D eigenvalue weighted by atomic mass is 32.2. The molecule has 0 amide bonds. The average molecular weight is 669 g/mol. The van der Waals surface area contributed by atoms with Gasteiger partial charge in [-0.1, -0.05) is 0 Å². The highest BCUT2D eigenvalue weighted by Crippen LogP contribution is 2.40. The molecule has 2 aliphatic heterocycles. The van der Waals surface area contributed by atoms with E-state index in [1.807, 2.05) is 25.2 Å². The Hall–Kier alpha value is -3.66. The maximum Gasteiger partial charge on any atom is 0.695 e. The molecule has 4 heterocycles. The number of nitrogens with two attached hydrogens (primary N) is 1. The Morgan fingerprint density at radius 3 is 2.72 bits per heavy atom. The summed E-state index contributed by atoms with van der Waals surface area (Å²) in [5.74, 6) is 0.497. The van der Waals surface area contributed by atoms with Crippen molar-refractivity contribution >= 4 is 42.6 Å². The molecule has 6 rings (SSSR count). The second-order valence-electron chi connectivity index (χ2n) is 11.0. The molecule has 0 bridgehead atoms. The molecule has 0 radical (unpaired) electrons. The van der Waals surface area contributed by atoms with Crippen LogP contribution in [-0.4, -0.2) is 94.6 Å². The van der Waals surface area contributed by atoms with Crippen molar-refractivity contribution < 1.29 is 28.6 Å². The number of pyridine rings is 1. The minimum atomic E-state index is -3.11. The maximum atomic E-state index is 12.5. The van der Waals surface area contributed by atoms with E-state index >= 15 is 0 Å². The van der Waals surface area contributed by atoms with Gasteiger partial charge in [0.25, 0.3) is 0 Å². The Bertz CT molecular complexity index is 1790. The van der Waals surface area contributed by atoms with E-state index in [-0.39, 0.29) is 12.4 Å². The van der Waals surface area contributed by atoms with Crippen LogP contribution in [0.3, 0.4) is 0 Å². The number of nitrogens with one attached hydrogen (secondary N) is 1. The molecule has 2 aromatic heterocycles. The van der Waals surface area contributed by atoms with E-state index in [4.69, 9.17) is 19.7 Å². The van der Waals surface area contributed by atoms with Crippen LogP contribution in [0.15, 0.2) is 70.6 Å². The number of aromatic nitrogens is 3. The lowest BCUT2D eigenvalue weighted by molar-refractivity contribution is -0.0509. The molecular weight excluding hydrogens is 633 g/mol. The molecule has 5 N–H and O–H groups in total. The van der Waals surface area contributed by atoms with Gasteiger partial charge in [0, 0.05) is 59.1 Å². The number of aliphatic hydroxyl groups is 1. The zero-order valence-corrected chi connectivity index (χ0v) is 26.9. The van der Waals surface area contributed by atoms with Gasteiger partial charge in [-0.15, -0.1) is 9.42 Å². The normalized spacial score (nSPS) is 22.3. The van der Waals surface area contributed by atoms with Gasteiger partial charge in [-0.25, -0.2) is 4.79 Å². The third kappa shape index (κ3) is 6.87. The Labute approximate surface area is 270 Å². The molecule has 46 heavy (non-hydrogen) atoms. The number of rotatable bonds is 10. The Morgan fingerprint density at radius 2 is 1.98 bits per heavy atom. The van der Waals surface area contributed by atoms with E-state index in [0.717, 1.165) is 57.8 Å². The van der Waals surface area contributed by atoms with Gasteiger partial charge in [-0.2, -0.15) is 4.98 Å². The van der Waals surface area contributed by atoms with Gasteiger partial charge in [-0.3, -0.25) is 14.3 Å². The molecule has 16 heteroatoms. The zero-order chi connectivity index (χ0) is 32.4. The largest absolute Gasteiger partial charge is 0.695 e. The summed E-state index contributed by atoms with van der Waals surface area (Å²) in [6.45, 7) is 3.65. The van der Waals surface area contributed by atoms with E-state index in [1.165, 1.54) is 24.2 Å². The standard InChI is InChI=1S/C30H34N7O7PS/c1-32-46-25-6-5-19(36-12-10-35(2)11-13-36)16-21(25)18-14-22-20(4-3-8-33-22)23(15-18)42-17-24-28(44-45(40)41)27(38)29(43-24)37-9-7-26(31)34-30(37)39/h3-9,14-16,24,27-29,32,38H,10-13,17H2,1-2H3,(H2-,31,34,39,40,41)/p+1/t24-,27-,28-,29-/m1/s1. The van der Waals surface area contributed by atoms with Gasteiger partial charge in [-0.05, 0) is 85.7 Å². The minimum Gasteiger partial charge on any atom is -0.490 e. The van der Waals surface area contributed by atoms with Crippen molar-refractivity contribution in [3.05, 3.63) is 71.4 Å². The second kappa shape index (κ2) is 14.0. The molecule has 1 unspecified atom stereocenters. The van der Waals surface area contributed by atoms with E-state index < -0.39 is 38.5 Å². The summed E-state index contributed by atoms with van der Waals surface area (Å²) in [5.41, 5.74) is 8.56. The smallest absolute Gasteiger partial charge is 0.490 e. The molecule has 242 valence electrons. The van der Waals surface area contributed by atoms with E-state index in [0.29, 0.717) is 11.3 Å². The van der Waals surface area contributed by atoms with Crippen molar-refractivity contribution in [1.82, 2.24) is 24.2 Å². The van der Waals surface area contributed by atoms with E-state index in [9.17, 15) is 19.4 Å². The number of hydrogen-bond donors (Lipinski definition) is 4. The van der Waals surface area contributed by atoms with Crippen LogP contribution < -0.4 is 25.8 Å². The SMILES string of the molecule is CNSc1ccc(N2CCN(C)CC2)cc1-c1cc(OC[C@H]2O[C@@H](n3ccc(N)nc3=O)[C@H](O)[C@@H]2O[P+](=O)O)c2cccnc2c1. The molecule has 2 fully saturated rings. The summed E-state index contributed by atoms with van der Waals surface area (Å²) >= 11 is 1.51. The van der Waals surface area contributed by atoms with Crippen LogP contribution in [0.4, 0.5) is 11.5 Å². The average Bonchev–Trinajstić information content (AvgIpc) is 3.34. The first-order chi connectivity index (χ1) is 22.2. The van der Waals surface area contributed by atoms with E-state index in [1.54, 1.807) is 12.3 Å². The molecule has 0 saturated carbocycles. The minimum absolute atomic E-state index is 0.00516. The van der Waals surface area contributed by atoms with Crippen molar-refractivity contribution in [2.75, 3.05) is 57.5 Å². The van der Waals surface area contributed by atoms with Crippen LogP contribution in [0.1, 0.15) is 6.23 Å². The fourth-order valence-corrected chi connectivity index (χ4v) is 6.85. The summed E-state index contributed by atoms with van der Waals surface area (Å²) in [5, 5.41) is 11.8. The summed E-state index contributed by atoms with van der Waals surface area (Å²) < 4.78 is 33.4. The number of piperazine rings is 1. The first-order valence-corrected chi connectivity index (χ1v) is 16.6. The monoisotopic (exact) mass is 668 g/mol. The van der Waals surface area contributed by atoms with Crippen LogP contribution >= 0.6 is 20.2 Å². The molecule has 5 atom stereocenters. The highest BCUT2D eigenvalue weighted by molar-refractivity contribution is 7.97. The number of benzene rings is 2. The lowest BCUT2D eigenvalue weighted by Crippen LogP contribution is -2.44. The molecule has 0 spiro atoms. The van der Waals surface area contributed by atoms with Crippen molar-refractivity contribution in [3.8, 4) is 16.9 Å². The number of aliphatic hydroxyl groups excluding tert-OH is 1. The third-order valence-electron chi connectivity index (χ3n) is 8.09. The lowest BCUT2D eigenvalue weighted by atomic mass is 10.0. The van der Waals surface area contributed by atoms with Gasteiger partial charge in [0.2, 0.25) is 0 Å². The summed E-state index contributed by atoms with van der Waals surface area (Å²) in [6.07, 6.45) is -2.00.